The van der Waals surface area contributed by atoms with E-state index in [1.165, 1.54) is 0 Å². The highest BCUT2D eigenvalue weighted by Crippen LogP contribution is 2.18. The quantitative estimate of drug-likeness (QED) is 0.867. The Hall–Kier alpha value is -1.50. The Kier molecular flexibility index (Phi) is 2.99. The lowest BCUT2D eigenvalue weighted by molar-refractivity contribution is 0.622. The highest BCUT2D eigenvalue weighted by Gasteiger charge is 2.19. The highest BCUT2D eigenvalue weighted by molar-refractivity contribution is 7.85. The van der Waals surface area contributed by atoms with E-state index in [2.05, 4.69) is 20.5 Å². The Morgan fingerprint density at radius 1 is 1.39 bits per heavy atom. The zero-order valence-electron chi connectivity index (χ0n) is 10.2. The van der Waals surface area contributed by atoms with Crippen molar-refractivity contribution in [1.29, 1.82) is 0 Å². The van der Waals surface area contributed by atoms with Gasteiger partial charge < -0.3 is 5.32 Å². The molecule has 0 aliphatic carbocycles. The molecule has 0 unspecified atom stereocenters. The Bertz CT molecular complexity index is 586. The smallest absolute Gasteiger partial charge is 0.203 e. The fourth-order valence-corrected chi connectivity index (χ4v) is 3.47. The molecule has 3 heterocycles. The third-order valence-corrected chi connectivity index (χ3v) is 4.61. The summed E-state index contributed by atoms with van der Waals surface area (Å²) in [6.07, 6.45) is 5.43. The Balaban J connectivity index is 1.84. The zero-order chi connectivity index (χ0) is 12.5. The van der Waals surface area contributed by atoms with Gasteiger partial charge in [-0.1, -0.05) is 0 Å². The molecule has 1 aliphatic heterocycles. The second kappa shape index (κ2) is 4.64. The Labute approximate surface area is 107 Å². The molecule has 18 heavy (non-hydrogen) atoms. The summed E-state index contributed by atoms with van der Waals surface area (Å²) in [7, 11) is -0.635. The van der Waals surface area contributed by atoms with E-state index in [1.54, 1.807) is 6.20 Å². The maximum Gasteiger partial charge on any atom is 0.203 e. The average Bonchev–Trinajstić information content (AvgIpc) is 2.76. The van der Waals surface area contributed by atoms with Crippen LogP contribution in [-0.2, 0) is 10.8 Å². The topological polar surface area (TPSA) is 72.2 Å². The molecule has 7 heteroatoms. The van der Waals surface area contributed by atoms with E-state index in [-0.39, 0.29) is 0 Å². The number of nitrogens with zero attached hydrogens (tertiary/aromatic N) is 4. The van der Waals surface area contributed by atoms with Crippen LogP contribution in [0.1, 0.15) is 18.7 Å². The van der Waals surface area contributed by atoms with Crippen LogP contribution in [0.4, 0.5) is 5.82 Å². The van der Waals surface area contributed by atoms with E-state index in [9.17, 15) is 4.21 Å². The van der Waals surface area contributed by atoms with Gasteiger partial charge in [0, 0.05) is 40.7 Å². The summed E-state index contributed by atoms with van der Waals surface area (Å²) in [5.74, 6) is 3.15. The monoisotopic (exact) mass is 265 g/mol. The number of aryl methyl sites for hydroxylation is 1. The lowest BCUT2D eigenvalue weighted by atomic mass is 10.1. The van der Waals surface area contributed by atoms with Crippen molar-refractivity contribution in [3.05, 3.63) is 18.2 Å². The normalized spacial score (nSPS) is 24.3. The summed E-state index contributed by atoms with van der Waals surface area (Å²) >= 11 is 0. The van der Waals surface area contributed by atoms with Crippen molar-refractivity contribution in [3.63, 3.8) is 0 Å². The van der Waals surface area contributed by atoms with Gasteiger partial charge in [-0.05, 0) is 19.8 Å². The molecule has 1 N–H and O–H groups in total. The number of aromatic nitrogens is 4. The lowest BCUT2D eigenvalue weighted by Crippen LogP contribution is -2.29. The van der Waals surface area contributed by atoms with Crippen molar-refractivity contribution in [1.82, 2.24) is 19.6 Å². The summed E-state index contributed by atoms with van der Waals surface area (Å²) in [4.78, 5) is 4.32. The first-order valence-electron chi connectivity index (χ1n) is 6.02. The predicted octanol–water partition coefficient (Wildman–Crippen LogP) is 0.756. The van der Waals surface area contributed by atoms with Crippen LogP contribution in [0, 0.1) is 6.92 Å². The van der Waals surface area contributed by atoms with Crippen molar-refractivity contribution in [2.45, 2.75) is 25.8 Å². The van der Waals surface area contributed by atoms with Gasteiger partial charge in [-0.25, -0.2) is 4.98 Å². The van der Waals surface area contributed by atoms with Crippen LogP contribution in [0.5, 0.6) is 0 Å². The Morgan fingerprint density at radius 2 is 2.17 bits per heavy atom. The molecule has 1 saturated heterocycles. The first kappa shape index (κ1) is 11.6. The minimum absolute atomic E-state index is 0.332. The molecular weight excluding hydrogens is 250 g/mol. The predicted molar refractivity (Wildman–Crippen MR) is 70.0 cm³/mol. The van der Waals surface area contributed by atoms with Crippen molar-refractivity contribution >= 4 is 22.3 Å². The molecule has 6 nitrogen and oxygen atoms in total. The molecule has 0 bridgehead atoms. The molecule has 1 fully saturated rings. The van der Waals surface area contributed by atoms with Gasteiger partial charge in [0.15, 0.2) is 5.82 Å². The molecule has 2 aromatic heterocycles. The lowest BCUT2D eigenvalue weighted by Gasteiger charge is -2.22. The SMILES string of the molecule is Cc1nnc2c(NC3CCS(=O)CC3)nccn12. The van der Waals surface area contributed by atoms with E-state index in [4.69, 9.17) is 0 Å². The first-order valence-corrected chi connectivity index (χ1v) is 7.50. The van der Waals surface area contributed by atoms with Gasteiger partial charge in [-0.15, -0.1) is 10.2 Å². The minimum Gasteiger partial charge on any atom is -0.364 e. The molecule has 0 saturated carbocycles. The summed E-state index contributed by atoms with van der Waals surface area (Å²) in [5, 5.41) is 11.6. The van der Waals surface area contributed by atoms with Gasteiger partial charge in [0.05, 0.1) is 0 Å². The van der Waals surface area contributed by atoms with Gasteiger partial charge in [-0.2, -0.15) is 0 Å². The second-order valence-electron chi connectivity index (χ2n) is 4.48. The first-order chi connectivity index (χ1) is 8.74. The van der Waals surface area contributed by atoms with Gasteiger partial charge in [0.1, 0.15) is 5.82 Å². The molecule has 0 spiro atoms. The fourth-order valence-electron chi connectivity index (χ4n) is 2.17. The number of fused-ring (bicyclic) bond motifs is 1. The summed E-state index contributed by atoms with van der Waals surface area (Å²) < 4.78 is 13.2. The largest absolute Gasteiger partial charge is 0.364 e. The number of rotatable bonds is 2. The third-order valence-electron chi connectivity index (χ3n) is 3.23. The molecule has 2 aromatic rings. The van der Waals surface area contributed by atoms with E-state index >= 15 is 0 Å². The van der Waals surface area contributed by atoms with Crippen LogP contribution < -0.4 is 5.32 Å². The summed E-state index contributed by atoms with van der Waals surface area (Å²) in [5.41, 5.74) is 0.752. The Morgan fingerprint density at radius 3 is 2.94 bits per heavy atom. The van der Waals surface area contributed by atoms with Gasteiger partial charge in [0.25, 0.3) is 0 Å². The van der Waals surface area contributed by atoms with Crippen LogP contribution >= 0.6 is 0 Å². The molecule has 0 radical (unpaired) electrons. The zero-order valence-corrected chi connectivity index (χ0v) is 11.0. The number of hydrogen-bond donors (Lipinski definition) is 1. The van der Waals surface area contributed by atoms with Crippen molar-refractivity contribution in [2.24, 2.45) is 0 Å². The summed E-state index contributed by atoms with van der Waals surface area (Å²) in [6.45, 7) is 1.91. The fraction of sp³-hybridized carbons (Fsp3) is 0.545. The van der Waals surface area contributed by atoms with Crippen LogP contribution in [0.15, 0.2) is 12.4 Å². The van der Waals surface area contributed by atoms with E-state index in [0.29, 0.717) is 6.04 Å². The van der Waals surface area contributed by atoms with Crippen LogP contribution in [-0.4, -0.2) is 41.3 Å². The summed E-state index contributed by atoms with van der Waals surface area (Å²) in [6, 6.07) is 0.332. The molecule has 96 valence electrons. The highest BCUT2D eigenvalue weighted by atomic mass is 32.2. The van der Waals surface area contributed by atoms with Crippen LogP contribution in [0.3, 0.4) is 0 Å². The van der Waals surface area contributed by atoms with Gasteiger partial charge in [-0.3, -0.25) is 8.61 Å². The van der Waals surface area contributed by atoms with Crippen LogP contribution in [0.25, 0.3) is 5.65 Å². The average molecular weight is 265 g/mol. The molecule has 3 rings (SSSR count). The standard InChI is InChI=1S/C11H15N5OS/c1-8-14-15-11-10(12-4-5-16(8)11)13-9-2-6-18(17)7-3-9/h4-5,9H,2-3,6-7H2,1H3,(H,12,13). The maximum atomic E-state index is 11.3. The van der Waals surface area contributed by atoms with Gasteiger partial charge >= 0.3 is 0 Å². The van der Waals surface area contributed by atoms with Gasteiger partial charge in [0.2, 0.25) is 5.65 Å². The second-order valence-corrected chi connectivity index (χ2v) is 6.18. The molecule has 0 aromatic carbocycles. The van der Waals surface area contributed by atoms with E-state index in [0.717, 1.165) is 41.6 Å². The minimum atomic E-state index is -0.635. The maximum absolute atomic E-state index is 11.3. The molecule has 0 atom stereocenters. The molecule has 1 aliphatic rings. The van der Waals surface area contributed by atoms with E-state index in [1.807, 2.05) is 17.5 Å². The van der Waals surface area contributed by atoms with Crippen molar-refractivity contribution < 1.29 is 4.21 Å². The molecule has 0 amide bonds. The number of nitrogens with one attached hydrogen (secondary N) is 1. The van der Waals surface area contributed by atoms with Crippen molar-refractivity contribution in [2.75, 3.05) is 16.8 Å². The number of anilines is 1. The molecular formula is C11H15N5OS. The van der Waals surface area contributed by atoms with Crippen LogP contribution in [0.2, 0.25) is 0 Å². The third kappa shape index (κ3) is 2.10. The van der Waals surface area contributed by atoms with Crippen molar-refractivity contribution in [3.8, 4) is 0 Å². The number of hydrogen-bond acceptors (Lipinski definition) is 5. The van der Waals surface area contributed by atoms with E-state index < -0.39 is 10.8 Å².